The number of phenolic OH excluding ortho intramolecular Hbond substituents is 1. The van der Waals surface area contributed by atoms with Crippen LogP contribution in [0.1, 0.15) is 18.6 Å². The average molecular weight is 180 g/mol. The maximum atomic E-state index is 9.74. The quantitative estimate of drug-likeness (QED) is 0.651. The van der Waals surface area contributed by atoms with Crippen LogP contribution >= 0.6 is 0 Å². The molecule has 3 nitrogen and oxygen atoms in total. The number of rotatable bonds is 3. The molecule has 0 heterocycles. The summed E-state index contributed by atoms with van der Waals surface area (Å²) >= 11 is 0. The summed E-state index contributed by atoms with van der Waals surface area (Å²) in [6, 6.07) is 6.63. The summed E-state index contributed by atoms with van der Waals surface area (Å²) in [4.78, 5) is 0. The van der Waals surface area contributed by atoms with Gasteiger partial charge in [-0.15, -0.1) is 0 Å². The van der Waals surface area contributed by atoms with Gasteiger partial charge < -0.3 is 15.5 Å². The van der Waals surface area contributed by atoms with E-state index >= 15 is 0 Å². The number of hydrogen-bond acceptors (Lipinski definition) is 3. The number of aliphatic hydroxyl groups excluding tert-OH is 1. The van der Waals surface area contributed by atoms with E-state index in [2.05, 4.69) is 5.32 Å². The lowest BCUT2D eigenvalue weighted by molar-refractivity contribution is 0.140. The van der Waals surface area contributed by atoms with E-state index in [1.165, 1.54) is 0 Å². The molecule has 1 rings (SSSR count). The van der Waals surface area contributed by atoms with Crippen LogP contribution in [0.25, 0.3) is 0 Å². The Morgan fingerprint density at radius 1 is 1.38 bits per heavy atom. The van der Waals surface area contributed by atoms with Gasteiger partial charge in [-0.05, 0) is 31.7 Å². The summed E-state index contributed by atoms with van der Waals surface area (Å²) in [5.74, 6) is 0.180. The molecular formula is C10H15NO2. The van der Waals surface area contributed by atoms with Crippen molar-refractivity contribution in [2.75, 3.05) is 7.05 Å². The van der Waals surface area contributed by atoms with Crippen LogP contribution in [-0.4, -0.2) is 23.3 Å². The van der Waals surface area contributed by atoms with Gasteiger partial charge in [-0.25, -0.2) is 0 Å². The smallest absolute Gasteiger partial charge is 0.115 e. The normalized spacial score (nSPS) is 15.3. The first kappa shape index (κ1) is 10.0. The van der Waals surface area contributed by atoms with Gasteiger partial charge >= 0.3 is 0 Å². The zero-order chi connectivity index (χ0) is 9.84. The zero-order valence-corrected chi connectivity index (χ0v) is 7.86. The Morgan fingerprint density at radius 3 is 2.62 bits per heavy atom. The third kappa shape index (κ3) is 2.44. The molecular weight excluding hydrogens is 165 g/mol. The highest BCUT2D eigenvalue weighted by Crippen LogP contribution is 2.20. The van der Waals surface area contributed by atoms with Crippen LogP contribution in [0.2, 0.25) is 0 Å². The number of aliphatic hydroxyl groups is 1. The van der Waals surface area contributed by atoms with Crippen molar-refractivity contribution < 1.29 is 10.2 Å². The van der Waals surface area contributed by atoms with E-state index in [-0.39, 0.29) is 11.8 Å². The minimum atomic E-state index is -0.586. The van der Waals surface area contributed by atoms with Gasteiger partial charge in [0.25, 0.3) is 0 Å². The van der Waals surface area contributed by atoms with Crippen molar-refractivity contribution in [3.05, 3.63) is 29.8 Å². The van der Waals surface area contributed by atoms with Crippen molar-refractivity contribution in [3.63, 3.8) is 0 Å². The minimum Gasteiger partial charge on any atom is -0.508 e. The predicted molar refractivity (Wildman–Crippen MR) is 51.6 cm³/mol. The van der Waals surface area contributed by atoms with Crippen molar-refractivity contribution in [1.29, 1.82) is 0 Å². The molecule has 3 N–H and O–H groups in total. The van der Waals surface area contributed by atoms with E-state index in [0.29, 0.717) is 0 Å². The predicted octanol–water partition coefficient (Wildman–Crippen LogP) is 1.03. The maximum Gasteiger partial charge on any atom is 0.115 e. The highest BCUT2D eigenvalue weighted by Gasteiger charge is 2.14. The summed E-state index contributed by atoms with van der Waals surface area (Å²) in [6.45, 7) is 1.88. The summed E-state index contributed by atoms with van der Waals surface area (Å²) in [5.41, 5.74) is 0.724. The standard InChI is InChI=1S/C10H15NO2/c1-7(11-2)10(13)8-4-3-5-9(12)6-8/h3-7,10-13H,1-2H3/t7-,10+/m1/s1/i2-1. The van der Waals surface area contributed by atoms with Crippen LogP contribution in [0.4, 0.5) is 0 Å². The lowest BCUT2D eigenvalue weighted by atomic mass is 10.0. The Balaban J connectivity index is 2.82. The molecule has 0 bridgehead atoms. The van der Waals surface area contributed by atoms with Crippen molar-refractivity contribution in [3.8, 4) is 5.75 Å². The Hall–Kier alpha value is -1.06. The molecule has 0 saturated carbocycles. The zero-order valence-electron chi connectivity index (χ0n) is 7.86. The molecule has 0 aromatic heterocycles. The van der Waals surface area contributed by atoms with Gasteiger partial charge in [0.15, 0.2) is 0 Å². The Morgan fingerprint density at radius 2 is 2.08 bits per heavy atom. The number of nitrogens with one attached hydrogen (secondary N) is 1. The van der Waals surface area contributed by atoms with Gasteiger partial charge in [-0.3, -0.25) is 0 Å². The molecule has 0 amide bonds. The Bertz CT molecular complexity index is 275. The molecule has 0 radical (unpaired) electrons. The summed E-state index contributed by atoms with van der Waals surface area (Å²) in [7, 11) is 1.79. The second-order valence-electron chi connectivity index (χ2n) is 3.12. The molecule has 13 heavy (non-hydrogen) atoms. The molecule has 0 aliphatic carbocycles. The van der Waals surface area contributed by atoms with Crippen LogP contribution in [0.15, 0.2) is 24.3 Å². The number of benzene rings is 1. The fourth-order valence-electron chi connectivity index (χ4n) is 1.16. The van der Waals surface area contributed by atoms with E-state index in [9.17, 15) is 10.2 Å². The fourth-order valence-corrected chi connectivity index (χ4v) is 1.16. The van der Waals surface area contributed by atoms with Gasteiger partial charge in [0.1, 0.15) is 5.75 Å². The van der Waals surface area contributed by atoms with Crippen molar-refractivity contribution in [1.82, 2.24) is 5.32 Å². The summed E-state index contributed by atoms with van der Waals surface area (Å²) in [6.07, 6.45) is -0.586. The van der Waals surface area contributed by atoms with E-state index in [4.69, 9.17) is 0 Å². The molecule has 0 spiro atoms. The number of aromatic hydroxyl groups is 1. The van der Waals surface area contributed by atoms with Gasteiger partial charge in [-0.1, -0.05) is 12.1 Å². The van der Waals surface area contributed by atoms with Crippen LogP contribution in [0, 0.1) is 0 Å². The SMILES string of the molecule is C[C@@H](N[11CH3])[C@H](O)c1cccc(O)c1. The van der Waals surface area contributed by atoms with Crippen LogP contribution < -0.4 is 5.32 Å². The first-order valence-electron chi connectivity index (χ1n) is 4.29. The van der Waals surface area contributed by atoms with Crippen LogP contribution in [-0.2, 0) is 0 Å². The second-order valence-corrected chi connectivity index (χ2v) is 3.12. The largest absolute Gasteiger partial charge is 0.508 e. The molecule has 3 heteroatoms. The third-order valence-electron chi connectivity index (χ3n) is 2.14. The highest BCUT2D eigenvalue weighted by atomic mass is 16.3. The van der Waals surface area contributed by atoms with Crippen molar-refractivity contribution in [2.45, 2.75) is 19.1 Å². The maximum absolute atomic E-state index is 9.74. The molecule has 2 atom stereocenters. The fraction of sp³-hybridized carbons (Fsp3) is 0.400. The molecule has 1 aromatic rings. The number of likely N-dealkylation sites (N-methyl/N-ethyl adjacent to an activating group) is 1. The average Bonchev–Trinajstić information content (AvgIpc) is 2.15. The Kier molecular flexibility index (Phi) is 3.28. The number of hydrogen-bond donors (Lipinski definition) is 3. The molecule has 1 aromatic carbocycles. The van der Waals surface area contributed by atoms with E-state index in [1.807, 2.05) is 6.92 Å². The molecule has 72 valence electrons. The Labute approximate surface area is 78.0 Å². The molecule has 0 aliphatic rings. The molecule has 0 fully saturated rings. The van der Waals surface area contributed by atoms with Gasteiger partial charge in [0, 0.05) is 6.04 Å². The van der Waals surface area contributed by atoms with E-state index in [1.54, 1.807) is 31.3 Å². The second kappa shape index (κ2) is 4.25. The van der Waals surface area contributed by atoms with Crippen LogP contribution in [0.3, 0.4) is 0 Å². The first-order valence-corrected chi connectivity index (χ1v) is 4.29. The summed E-state index contributed by atoms with van der Waals surface area (Å²) < 4.78 is 0. The van der Waals surface area contributed by atoms with Gasteiger partial charge in [0.2, 0.25) is 0 Å². The van der Waals surface area contributed by atoms with E-state index in [0.717, 1.165) is 5.56 Å². The molecule has 0 unspecified atom stereocenters. The topological polar surface area (TPSA) is 52.5 Å². The minimum absolute atomic E-state index is 0.0261. The van der Waals surface area contributed by atoms with Crippen molar-refractivity contribution in [2.24, 2.45) is 0 Å². The van der Waals surface area contributed by atoms with Crippen LogP contribution in [0.5, 0.6) is 5.75 Å². The lowest BCUT2D eigenvalue weighted by Crippen LogP contribution is -2.28. The molecule has 0 aliphatic heterocycles. The van der Waals surface area contributed by atoms with E-state index < -0.39 is 6.10 Å². The lowest BCUT2D eigenvalue weighted by Gasteiger charge is -2.18. The van der Waals surface area contributed by atoms with Gasteiger partial charge in [-0.2, -0.15) is 0 Å². The molecule has 0 saturated heterocycles. The first-order chi connectivity index (χ1) is 6.15. The number of phenols is 1. The summed E-state index contributed by atoms with van der Waals surface area (Å²) in [5, 5.41) is 21.9. The monoisotopic (exact) mass is 180 g/mol. The van der Waals surface area contributed by atoms with Crippen molar-refractivity contribution >= 4 is 0 Å². The van der Waals surface area contributed by atoms with Gasteiger partial charge in [0.05, 0.1) is 6.10 Å². The highest BCUT2D eigenvalue weighted by molar-refractivity contribution is 5.29. The third-order valence-corrected chi connectivity index (χ3v) is 2.14.